The maximum absolute atomic E-state index is 12.1. The lowest BCUT2D eigenvalue weighted by atomic mass is 10.1. The van der Waals surface area contributed by atoms with Crippen molar-refractivity contribution in [1.82, 2.24) is 5.32 Å². The highest BCUT2D eigenvalue weighted by Crippen LogP contribution is 2.25. The van der Waals surface area contributed by atoms with E-state index in [1.807, 2.05) is 30.3 Å². The summed E-state index contributed by atoms with van der Waals surface area (Å²) in [6.45, 7) is 0.472. The molecule has 0 bridgehead atoms. The Morgan fingerprint density at radius 2 is 2.00 bits per heavy atom. The van der Waals surface area contributed by atoms with Crippen molar-refractivity contribution in [3.05, 3.63) is 64.9 Å². The van der Waals surface area contributed by atoms with Gasteiger partial charge in [0.2, 0.25) is 5.91 Å². The van der Waals surface area contributed by atoms with Crippen LogP contribution < -0.4 is 10.1 Å². The number of benzene rings is 2. The number of hydrogen-bond acceptors (Lipinski definition) is 3. The molecule has 1 heterocycles. The first-order valence-corrected chi connectivity index (χ1v) is 7.59. The topological polar surface area (TPSA) is 51.5 Å². The predicted octanol–water partition coefficient (Wildman–Crippen LogP) is 3.95. The summed E-state index contributed by atoms with van der Waals surface area (Å²) in [5.74, 6) is 0.727. The highest BCUT2D eigenvalue weighted by Gasteiger charge is 2.10. The van der Waals surface area contributed by atoms with Gasteiger partial charge in [-0.2, -0.15) is 0 Å². The van der Waals surface area contributed by atoms with Crippen molar-refractivity contribution in [2.24, 2.45) is 0 Å². The van der Waals surface area contributed by atoms with Crippen LogP contribution in [0.5, 0.6) is 5.75 Å². The van der Waals surface area contributed by atoms with Crippen molar-refractivity contribution >= 4 is 28.5 Å². The van der Waals surface area contributed by atoms with E-state index in [1.165, 1.54) is 0 Å². The normalized spacial score (nSPS) is 10.7. The van der Waals surface area contributed by atoms with Crippen LogP contribution in [0.4, 0.5) is 0 Å². The molecule has 0 spiro atoms. The minimum absolute atomic E-state index is 0.0662. The van der Waals surface area contributed by atoms with Crippen LogP contribution in [0.2, 0.25) is 5.02 Å². The lowest BCUT2D eigenvalue weighted by molar-refractivity contribution is -0.120. The maximum atomic E-state index is 12.1. The molecule has 0 unspecified atom stereocenters. The fourth-order valence-electron chi connectivity index (χ4n) is 2.37. The molecule has 2 aromatic carbocycles. The van der Waals surface area contributed by atoms with Crippen LogP contribution in [0.15, 0.2) is 53.1 Å². The molecule has 0 atom stereocenters. The number of nitrogens with one attached hydrogen (secondary N) is 1. The standard InChI is InChI=1S/C18H16ClNO3/c1-22-15-5-2-12(3-6-15)10-20-18(21)8-13-11-23-17-7-4-14(19)9-16(13)17/h2-7,9,11H,8,10H2,1H3,(H,20,21). The molecule has 0 aliphatic carbocycles. The van der Waals surface area contributed by atoms with Crippen LogP contribution in [-0.2, 0) is 17.8 Å². The van der Waals surface area contributed by atoms with E-state index < -0.39 is 0 Å². The average Bonchev–Trinajstić information content (AvgIpc) is 2.95. The van der Waals surface area contributed by atoms with Gasteiger partial charge < -0.3 is 14.5 Å². The molecule has 1 aromatic heterocycles. The summed E-state index contributed by atoms with van der Waals surface area (Å²) in [4.78, 5) is 12.1. The van der Waals surface area contributed by atoms with Gasteiger partial charge in [0.25, 0.3) is 0 Å². The molecule has 1 amide bonds. The zero-order valence-corrected chi connectivity index (χ0v) is 13.4. The lowest BCUT2D eigenvalue weighted by Crippen LogP contribution is -2.24. The van der Waals surface area contributed by atoms with Gasteiger partial charge in [-0.05, 0) is 35.9 Å². The molecule has 0 saturated heterocycles. The van der Waals surface area contributed by atoms with E-state index in [9.17, 15) is 4.79 Å². The lowest BCUT2D eigenvalue weighted by Gasteiger charge is -2.06. The Hall–Kier alpha value is -2.46. The van der Waals surface area contributed by atoms with Crippen LogP contribution in [0.3, 0.4) is 0 Å². The van der Waals surface area contributed by atoms with Crippen LogP contribution in [0.1, 0.15) is 11.1 Å². The zero-order valence-electron chi connectivity index (χ0n) is 12.6. The molecule has 23 heavy (non-hydrogen) atoms. The SMILES string of the molecule is COc1ccc(CNC(=O)Cc2coc3ccc(Cl)cc23)cc1. The second-order valence-electron chi connectivity index (χ2n) is 5.20. The van der Waals surface area contributed by atoms with E-state index >= 15 is 0 Å². The molecule has 118 valence electrons. The summed E-state index contributed by atoms with van der Waals surface area (Å²) in [5.41, 5.74) is 2.57. The second kappa shape index (κ2) is 6.75. The van der Waals surface area contributed by atoms with Crippen molar-refractivity contribution in [2.45, 2.75) is 13.0 Å². The van der Waals surface area contributed by atoms with E-state index in [1.54, 1.807) is 25.5 Å². The third-order valence-electron chi connectivity index (χ3n) is 3.62. The van der Waals surface area contributed by atoms with Crippen molar-refractivity contribution < 1.29 is 13.9 Å². The van der Waals surface area contributed by atoms with Crippen LogP contribution in [0.25, 0.3) is 11.0 Å². The van der Waals surface area contributed by atoms with Crippen molar-refractivity contribution in [2.75, 3.05) is 7.11 Å². The Morgan fingerprint density at radius 3 is 2.74 bits per heavy atom. The monoisotopic (exact) mass is 329 g/mol. The van der Waals surface area contributed by atoms with Gasteiger partial charge in [-0.25, -0.2) is 0 Å². The number of carbonyl (C=O) groups excluding carboxylic acids is 1. The largest absolute Gasteiger partial charge is 0.497 e. The van der Waals surface area contributed by atoms with E-state index in [2.05, 4.69) is 5.32 Å². The van der Waals surface area contributed by atoms with Gasteiger partial charge in [0.15, 0.2) is 0 Å². The fraction of sp³-hybridized carbons (Fsp3) is 0.167. The Kier molecular flexibility index (Phi) is 4.53. The minimum atomic E-state index is -0.0662. The van der Waals surface area contributed by atoms with Crippen LogP contribution >= 0.6 is 11.6 Å². The first-order valence-electron chi connectivity index (χ1n) is 7.21. The quantitative estimate of drug-likeness (QED) is 0.771. The van der Waals surface area contributed by atoms with E-state index in [0.29, 0.717) is 11.6 Å². The molecule has 0 radical (unpaired) electrons. The van der Waals surface area contributed by atoms with E-state index in [4.69, 9.17) is 20.8 Å². The number of ether oxygens (including phenoxy) is 1. The summed E-state index contributed by atoms with van der Waals surface area (Å²) in [7, 11) is 1.62. The van der Waals surface area contributed by atoms with Crippen LogP contribution in [-0.4, -0.2) is 13.0 Å². The molecule has 0 aliphatic heterocycles. The van der Waals surface area contributed by atoms with Gasteiger partial charge >= 0.3 is 0 Å². The third-order valence-corrected chi connectivity index (χ3v) is 3.85. The Bertz CT molecular complexity index is 824. The number of amides is 1. The maximum Gasteiger partial charge on any atom is 0.224 e. The van der Waals surface area contributed by atoms with E-state index in [-0.39, 0.29) is 12.3 Å². The average molecular weight is 330 g/mol. The summed E-state index contributed by atoms with van der Waals surface area (Å²) in [6, 6.07) is 13.0. The predicted molar refractivity (Wildman–Crippen MR) is 89.8 cm³/mol. The molecular weight excluding hydrogens is 314 g/mol. The van der Waals surface area contributed by atoms with Gasteiger partial charge in [-0.3, -0.25) is 4.79 Å². The summed E-state index contributed by atoms with van der Waals surface area (Å²) in [5, 5.41) is 4.40. The Labute approximate surface area is 139 Å². The van der Waals surface area contributed by atoms with Crippen molar-refractivity contribution in [3.63, 3.8) is 0 Å². The fourth-order valence-corrected chi connectivity index (χ4v) is 2.54. The minimum Gasteiger partial charge on any atom is -0.497 e. The number of rotatable bonds is 5. The molecule has 0 aliphatic rings. The number of methoxy groups -OCH3 is 1. The highest BCUT2D eigenvalue weighted by atomic mass is 35.5. The van der Waals surface area contributed by atoms with Gasteiger partial charge in [-0.15, -0.1) is 0 Å². The molecule has 0 fully saturated rings. The van der Waals surface area contributed by atoms with Gasteiger partial charge in [0.1, 0.15) is 11.3 Å². The molecule has 4 nitrogen and oxygen atoms in total. The van der Waals surface area contributed by atoms with Gasteiger partial charge in [-0.1, -0.05) is 23.7 Å². The molecule has 0 saturated carbocycles. The number of halogens is 1. The Morgan fingerprint density at radius 1 is 1.22 bits per heavy atom. The van der Waals surface area contributed by atoms with Gasteiger partial charge in [0, 0.05) is 22.5 Å². The summed E-state index contributed by atoms with van der Waals surface area (Å²) in [6.07, 6.45) is 1.86. The number of fused-ring (bicyclic) bond motifs is 1. The molecule has 1 N–H and O–H groups in total. The zero-order chi connectivity index (χ0) is 16.2. The van der Waals surface area contributed by atoms with Crippen molar-refractivity contribution in [1.29, 1.82) is 0 Å². The van der Waals surface area contributed by atoms with E-state index in [0.717, 1.165) is 27.8 Å². The smallest absolute Gasteiger partial charge is 0.224 e. The molecule has 5 heteroatoms. The van der Waals surface area contributed by atoms with Gasteiger partial charge in [0.05, 0.1) is 19.8 Å². The molecule has 3 rings (SSSR count). The number of carbonyl (C=O) groups is 1. The molecular formula is C18H16ClNO3. The van der Waals surface area contributed by atoms with Crippen molar-refractivity contribution in [3.8, 4) is 5.75 Å². The first kappa shape index (κ1) is 15.4. The Balaban J connectivity index is 1.63. The third kappa shape index (κ3) is 3.66. The number of furan rings is 1. The second-order valence-corrected chi connectivity index (χ2v) is 5.64. The highest BCUT2D eigenvalue weighted by molar-refractivity contribution is 6.31. The summed E-state index contributed by atoms with van der Waals surface area (Å²) < 4.78 is 10.5. The van der Waals surface area contributed by atoms with Crippen LogP contribution in [0, 0.1) is 0 Å². The first-order chi connectivity index (χ1) is 11.2. The summed E-state index contributed by atoms with van der Waals surface area (Å²) >= 11 is 6.00. The number of hydrogen-bond donors (Lipinski definition) is 1. The molecule has 3 aromatic rings.